The second-order valence-electron chi connectivity index (χ2n) is 0.780. The maximum atomic E-state index is 4.69. The molecule has 1 nitrogen and oxygen atoms in total. The normalized spacial score (nSPS) is 17.3. The smallest absolute Gasteiger partial charge is 0.102 e. The highest BCUT2D eigenvalue weighted by Crippen LogP contribution is 2.07. The molecule has 0 amide bonds. The van der Waals surface area contributed by atoms with Gasteiger partial charge in [-0.2, -0.15) is 0 Å². The van der Waals surface area contributed by atoms with Crippen LogP contribution in [0, 0.1) is 6.08 Å². The van der Waals surface area contributed by atoms with Crippen molar-refractivity contribution in [2.75, 3.05) is 0 Å². The van der Waals surface area contributed by atoms with E-state index in [9.17, 15) is 0 Å². The predicted octanol–water partition coefficient (Wildman–Crippen LogP) is 1.50. The van der Waals surface area contributed by atoms with Crippen LogP contribution in [-0.2, 0) is 4.18 Å². The van der Waals surface area contributed by atoms with E-state index >= 15 is 0 Å². The van der Waals surface area contributed by atoms with Crippen LogP contribution in [0.15, 0.2) is 17.7 Å². The van der Waals surface area contributed by atoms with E-state index in [1.165, 1.54) is 12.0 Å². The van der Waals surface area contributed by atoms with Crippen molar-refractivity contribution in [3.63, 3.8) is 0 Å². The number of allylic oxidation sites excluding steroid dienone is 2. The van der Waals surface area contributed by atoms with Crippen molar-refractivity contribution in [3.8, 4) is 0 Å². The fourth-order valence-electron chi connectivity index (χ4n) is 0.194. The first-order valence-corrected chi connectivity index (χ1v) is 2.35. The Kier molecular flexibility index (Phi) is 1.22. The van der Waals surface area contributed by atoms with E-state index in [4.69, 9.17) is 0 Å². The molecule has 1 aliphatic rings. The molecule has 0 aromatic carbocycles. The van der Waals surface area contributed by atoms with Crippen LogP contribution in [0.2, 0.25) is 0 Å². The maximum Gasteiger partial charge on any atom is 0.102 e. The Hall–Kier alpha value is -0.370. The molecular formula is C4H3OS. The summed E-state index contributed by atoms with van der Waals surface area (Å²) in [4.78, 5) is 0. The van der Waals surface area contributed by atoms with Gasteiger partial charge in [-0.25, -0.2) is 0 Å². The Morgan fingerprint density at radius 1 is 1.67 bits per heavy atom. The van der Waals surface area contributed by atoms with Crippen molar-refractivity contribution >= 4 is 12.0 Å². The van der Waals surface area contributed by atoms with Crippen LogP contribution >= 0.6 is 12.0 Å². The summed E-state index contributed by atoms with van der Waals surface area (Å²) in [5, 5.41) is 1.75. The minimum Gasteiger partial charge on any atom is -0.429 e. The molecule has 0 aromatic heterocycles. The molecule has 6 heavy (non-hydrogen) atoms. The van der Waals surface area contributed by atoms with Gasteiger partial charge in [0.15, 0.2) is 0 Å². The van der Waals surface area contributed by atoms with Gasteiger partial charge in [-0.1, -0.05) is 0 Å². The largest absolute Gasteiger partial charge is 0.429 e. The molecule has 0 spiro atoms. The first kappa shape index (κ1) is 3.81. The molecule has 0 aromatic rings. The Morgan fingerprint density at radius 2 is 2.67 bits per heavy atom. The van der Waals surface area contributed by atoms with E-state index in [2.05, 4.69) is 10.3 Å². The summed E-state index contributed by atoms with van der Waals surface area (Å²) in [7, 11) is 0. The minimum absolute atomic E-state index is 1.27. The molecule has 1 radical (unpaired) electrons. The monoisotopic (exact) mass is 99.0 g/mol. The number of rotatable bonds is 0. The van der Waals surface area contributed by atoms with E-state index < -0.39 is 0 Å². The van der Waals surface area contributed by atoms with Crippen molar-refractivity contribution in [2.24, 2.45) is 0 Å². The van der Waals surface area contributed by atoms with Gasteiger partial charge < -0.3 is 4.18 Å². The van der Waals surface area contributed by atoms with Gasteiger partial charge in [0.25, 0.3) is 0 Å². The van der Waals surface area contributed by atoms with Crippen molar-refractivity contribution in [1.82, 2.24) is 0 Å². The third-order valence-corrected chi connectivity index (χ3v) is 0.846. The van der Waals surface area contributed by atoms with Crippen LogP contribution in [-0.4, -0.2) is 0 Å². The van der Waals surface area contributed by atoms with Gasteiger partial charge in [0.05, 0.1) is 12.0 Å². The minimum atomic E-state index is 1.27. The zero-order chi connectivity index (χ0) is 4.24. The Bertz CT molecular complexity index is 73.5. The van der Waals surface area contributed by atoms with Crippen LogP contribution in [0.25, 0.3) is 0 Å². The third kappa shape index (κ3) is 0.792. The fourth-order valence-corrected chi connectivity index (χ4v) is 0.503. The summed E-state index contributed by atoms with van der Waals surface area (Å²) in [5.74, 6) is 0. The summed E-state index contributed by atoms with van der Waals surface area (Å²) < 4.78 is 4.69. The molecule has 0 aliphatic carbocycles. The fraction of sp³-hybridized carbons (Fsp3) is 0. The van der Waals surface area contributed by atoms with Crippen molar-refractivity contribution in [1.29, 1.82) is 0 Å². The molecule has 0 bridgehead atoms. The quantitative estimate of drug-likeness (QED) is 0.425. The first-order chi connectivity index (χ1) is 3.00. The Morgan fingerprint density at radius 3 is 2.83 bits per heavy atom. The van der Waals surface area contributed by atoms with Crippen LogP contribution in [0.1, 0.15) is 0 Å². The van der Waals surface area contributed by atoms with E-state index in [0.29, 0.717) is 0 Å². The van der Waals surface area contributed by atoms with Gasteiger partial charge in [-0.05, 0) is 12.2 Å². The Balaban J connectivity index is 2.46. The van der Waals surface area contributed by atoms with Gasteiger partial charge in [-0.15, -0.1) is 0 Å². The van der Waals surface area contributed by atoms with Crippen molar-refractivity contribution in [2.45, 2.75) is 0 Å². The van der Waals surface area contributed by atoms with E-state index in [-0.39, 0.29) is 0 Å². The van der Waals surface area contributed by atoms with Gasteiger partial charge >= 0.3 is 0 Å². The molecule has 0 fully saturated rings. The highest BCUT2D eigenvalue weighted by atomic mass is 32.2. The highest BCUT2D eigenvalue weighted by molar-refractivity contribution is 7.97. The molecule has 1 heterocycles. The molecule has 0 saturated carbocycles. The molecule has 1 rings (SSSR count). The molecule has 2 heteroatoms. The van der Waals surface area contributed by atoms with Crippen molar-refractivity contribution < 1.29 is 4.18 Å². The molecule has 1 aliphatic heterocycles. The van der Waals surface area contributed by atoms with Gasteiger partial charge in [-0.3, -0.25) is 0 Å². The molecule has 0 atom stereocenters. The van der Waals surface area contributed by atoms with Crippen LogP contribution in [0.3, 0.4) is 0 Å². The van der Waals surface area contributed by atoms with Crippen LogP contribution in [0.4, 0.5) is 0 Å². The lowest BCUT2D eigenvalue weighted by Crippen LogP contribution is -1.64. The van der Waals surface area contributed by atoms with Gasteiger partial charge in [0.1, 0.15) is 6.26 Å². The second-order valence-corrected chi connectivity index (χ2v) is 1.40. The second kappa shape index (κ2) is 1.92. The van der Waals surface area contributed by atoms with Crippen LogP contribution < -0.4 is 0 Å². The van der Waals surface area contributed by atoms with Gasteiger partial charge in [0.2, 0.25) is 0 Å². The van der Waals surface area contributed by atoms with Gasteiger partial charge in [0, 0.05) is 5.41 Å². The van der Waals surface area contributed by atoms with Crippen molar-refractivity contribution in [3.05, 3.63) is 23.8 Å². The highest BCUT2D eigenvalue weighted by Gasteiger charge is 1.78. The molecule has 31 valence electrons. The topological polar surface area (TPSA) is 9.23 Å². The summed E-state index contributed by atoms with van der Waals surface area (Å²) >= 11 is 1.27. The SMILES string of the molecule is [C]1=CSOC=C1. The number of hydrogen-bond acceptors (Lipinski definition) is 2. The lowest BCUT2D eigenvalue weighted by molar-refractivity contribution is 0.568. The lowest BCUT2D eigenvalue weighted by Gasteiger charge is -1.91. The molecule has 0 N–H and O–H groups in total. The van der Waals surface area contributed by atoms with E-state index in [0.717, 1.165) is 0 Å². The lowest BCUT2D eigenvalue weighted by atomic mass is 10.6. The first-order valence-electron chi connectivity index (χ1n) is 1.55. The van der Waals surface area contributed by atoms with E-state index in [1.807, 2.05) is 0 Å². The third-order valence-electron chi connectivity index (χ3n) is 0.392. The molecule has 0 saturated heterocycles. The number of hydrogen-bond donors (Lipinski definition) is 0. The van der Waals surface area contributed by atoms with E-state index in [1.54, 1.807) is 17.7 Å². The summed E-state index contributed by atoms with van der Waals surface area (Å²) in [6.07, 6.45) is 6.12. The molecule has 0 unspecified atom stereocenters. The average molecular weight is 99.1 g/mol. The summed E-state index contributed by atoms with van der Waals surface area (Å²) in [6, 6.07) is 0. The average Bonchev–Trinajstić information content (AvgIpc) is 1.72. The zero-order valence-electron chi connectivity index (χ0n) is 3.05. The maximum absolute atomic E-state index is 4.69. The summed E-state index contributed by atoms with van der Waals surface area (Å²) in [6.45, 7) is 0. The Labute approximate surface area is 40.9 Å². The van der Waals surface area contributed by atoms with Crippen LogP contribution in [0.5, 0.6) is 0 Å². The standard InChI is InChI=1S/C4H3OS/c1-2-4-6-5-3-1/h1,3-4H. The summed E-state index contributed by atoms with van der Waals surface area (Å²) in [5.41, 5.74) is 0. The zero-order valence-corrected chi connectivity index (χ0v) is 3.87. The molecular weight excluding hydrogens is 96.1 g/mol. The predicted molar refractivity (Wildman–Crippen MR) is 25.6 cm³/mol.